The van der Waals surface area contributed by atoms with Crippen LogP contribution in [0.1, 0.15) is 27.2 Å². The van der Waals surface area contributed by atoms with Crippen molar-refractivity contribution in [2.45, 2.75) is 39.3 Å². The van der Waals surface area contributed by atoms with Gasteiger partial charge in [0.15, 0.2) is 5.84 Å². The second-order valence-corrected chi connectivity index (χ2v) is 3.78. The van der Waals surface area contributed by atoms with E-state index in [1.54, 1.807) is 0 Å². The molecule has 84 valence electrons. The smallest absolute Gasteiger partial charge is 0.156 e. The molecule has 0 fully saturated rings. The van der Waals surface area contributed by atoms with Gasteiger partial charge in [0.05, 0.1) is 6.04 Å². The van der Waals surface area contributed by atoms with Gasteiger partial charge >= 0.3 is 0 Å². The molecule has 0 saturated heterocycles. The molecule has 0 amide bonds. The van der Waals surface area contributed by atoms with Crippen molar-refractivity contribution in [2.24, 2.45) is 16.8 Å². The molecule has 2 unspecified atom stereocenters. The molecule has 0 aliphatic heterocycles. The Bertz CT molecular complexity index is 183. The molecule has 5 nitrogen and oxygen atoms in total. The molecule has 0 rings (SSSR count). The van der Waals surface area contributed by atoms with E-state index in [-0.39, 0.29) is 24.5 Å². The van der Waals surface area contributed by atoms with Crippen LogP contribution >= 0.6 is 0 Å². The van der Waals surface area contributed by atoms with Crippen molar-refractivity contribution >= 4 is 5.84 Å². The molecule has 0 heterocycles. The van der Waals surface area contributed by atoms with E-state index in [9.17, 15) is 0 Å². The Labute approximate surface area is 85.0 Å². The molecule has 14 heavy (non-hydrogen) atoms. The van der Waals surface area contributed by atoms with E-state index in [1.165, 1.54) is 0 Å². The van der Waals surface area contributed by atoms with E-state index >= 15 is 0 Å². The van der Waals surface area contributed by atoms with Crippen molar-refractivity contribution in [3.63, 3.8) is 0 Å². The van der Waals surface area contributed by atoms with Crippen LogP contribution in [0, 0.1) is 5.92 Å². The Morgan fingerprint density at radius 2 is 2.00 bits per heavy atom. The highest BCUT2D eigenvalue weighted by Crippen LogP contribution is 2.06. The van der Waals surface area contributed by atoms with E-state index in [0.717, 1.165) is 0 Å². The lowest BCUT2D eigenvalue weighted by Gasteiger charge is -2.25. The molecule has 0 aliphatic rings. The lowest BCUT2D eigenvalue weighted by molar-refractivity contribution is 0.241. The monoisotopic (exact) mass is 203 g/mol. The zero-order valence-electron chi connectivity index (χ0n) is 9.07. The molecule has 0 aromatic heterocycles. The largest absolute Gasteiger partial charge is 0.409 e. The minimum absolute atomic E-state index is 0.138. The van der Waals surface area contributed by atoms with Gasteiger partial charge in [0, 0.05) is 12.6 Å². The summed E-state index contributed by atoms with van der Waals surface area (Å²) in [6.07, 6.45) is 0.667. The standard InChI is InChI=1S/C9H21N3O2/c1-6(2)8(4-5-13)11-7(3)9(10)12-14/h6-8,11,13-14H,4-5H2,1-3H3,(H2,10,12). The van der Waals surface area contributed by atoms with E-state index < -0.39 is 0 Å². The van der Waals surface area contributed by atoms with Crippen LogP contribution in [0.15, 0.2) is 5.16 Å². The lowest BCUT2D eigenvalue weighted by Crippen LogP contribution is -2.47. The minimum atomic E-state index is -0.182. The molecule has 5 N–H and O–H groups in total. The number of rotatable bonds is 6. The fourth-order valence-corrected chi connectivity index (χ4v) is 1.24. The average Bonchev–Trinajstić information content (AvgIpc) is 2.15. The predicted molar refractivity (Wildman–Crippen MR) is 56.3 cm³/mol. The Morgan fingerprint density at radius 1 is 1.43 bits per heavy atom. The molecule has 5 heteroatoms. The number of hydrogen-bond acceptors (Lipinski definition) is 4. The lowest BCUT2D eigenvalue weighted by atomic mass is 10.0. The van der Waals surface area contributed by atoms with Gasteiger partial charge in [-0.25, -0.2) is 0 Å². The predicted octanol–water partition coefficient (Wildman–Crippen LogP) is 0.118. The van der Waals surface area contributed by atoms with Crippen molar-refractivity contribution in [3.8, 4) is 0 Å². The zero-order chi connectivity index (χ0) is 11.1. The Kier molecular flexibility index (Phi) is 6.23. The fraction of sp³-hybridized carbons (Fsp3) is 0.889. The molecule has 0 spiro atoms. The first kappa shape index (κ1) is 13.2. The van der Waals surface area contributed by atoms with Gasteiger partial charge in [0.25, 0.3) is 0 Å². The molecule has 0 bridgehead atoms. The number of nitrogens with one attached hydrogen (secondary N) is 1. The quantitative estimate of drug-likeness (QED) is 0.213. The van der Waals surface area contributed by atoms with Crippen LogP contribution in [0.2, 0.25) is 0 Å². The molecule has 0 aliphatic carbocycles. The maximum Gasteiger partial charge on any atom is 0.156 e. The molecular formula is C9H21N3O2. The number of aliphatic hydroxyl groups excluding tert-OH is 1. The first-order valence-corrected chi connectivity index (χ1v) is 4.87. The van der Waals surface area contributed by atoms with Gasteiger partial charge in [-0.05, 0) is 19.3 Å². The maximum absolute atomic E-state index is 8.84. The van der Waals surface area contributed by atoms with Crippen LogP contribution in [0.5, 0.6) is 0 Å². The summed E-state index contributed by atoms with van der Waals surface area (Å²) < 4.78 is 0. The first-order valence-electron chi connectivity index (χ1n) is 4.87. The van der Waals surface area contributed by atoms with E-state index in [0.29, 0.717) is 12.3 Å². The summed E-state index contributed by atoms with van der Waals surface area (Å²) in [6, 6.07) is -0.00532. The number of nitrogens with two attached hydrogens (primary N) is 1. The number of oxime groups is 1. The van der Waals surface area contributed by atoms with Crippen LogP contribution < -0.4 is 11.1 Å². The van der Waals surface area contributed by atoms with Crippen LogP contribution in [0.25, 0.3) is 0 Å². The second kappa shape index (κ2) is 6.62. The molecule has 2 atom stereocenters. The van der Waals surface area contributed by atoms with Crippen LogP contribution in [-0.2, 0) is 0 Å². The minimum Gasteiger partial charge on any atom is -0.409 e. The fourth-order valence-electron chi connectivity index (χ4n) is 1.24. The van der Waals surface area contributed by atoms with Gasteiger partial charge in [0.2, 0.25) is 0 Å². The Hall–Kier alpha value is -0.810. The third kappa shape index (κ3) is 4.43. The van der Waals surface area contributed by atoms with Crippen LogP contribution in [0.4, 0.5) is 0 Å². The maximum atomic E-state index is 8.84. The van der Waals surface area contributed by atoms with Gasteiger partial charge in [-0.3, -0.25) is 0 Å². The molecular weight excluding hydrogens is 182 g/mol. The average molecular weight is 203 g/mol. The summed E-state index contributed by atoms with van der Waals surface area (Å²) in [6.45, 7) is 6.08. The summed E-state index contributed by atoms with van der Waals surface area (Å²) in [5.41, 5.74) is 5.44. The van der Waals surface area contributed by atoms with Gasteiger partial charge in [0.1, 0.15) is 0 Å². The summed E-state index contributed by atoms with van der Waals surface area (Å²) in [5.74, 6) is 0.560. The van der Waals surface area contributed by atoms with Gasteiger partial charge in [-0.15, -0.1) is 0 Å². The third-order valence-electron chi connectivity index (χ3n) is 2.27. The number of amidine groups is 1. The van der Waals surface area contributed by atoms with E-state index in [2.05, 4.69) is 24.3 Å². The number of hydrogen-bond donors (Lipinski definition) is 4. The number of aliphatic hydroxyl groups is 1. The topological polar surface area (TPSA) is 90.9 Å². The Balaban J connectivity index is 4.15. The van der Waals surface area contributed by atoms with Gasteiger partial charge < -0.3 is 21.4 Å². The highest BCUT2D eigenvalue weighted by atomic mass is 16.4. The number of nitrogens with zero attached hydrogens (tertiary/aromatic N) is 1. The third-order valence-corrected chi connectivity index (χ3v) is 2.27. The zero-order valence-corrected chi connectivity index (χ0v) is 9.07. The molecule has 0 radical (unpaired) electrons. The second-order valence-electron chi connectivity index (χ2n) is 3.78. The summed E-state index contributed by atoms with van der Waals surface area (Å²) >= 11 is 0. The molecule has 0 aromatic rings. The Morgan fingerprint density at radius 3 is 2.36 bits per heavy atom. The molecule has 0 saturated carbocycles. The summed E-state index contributed by atoms with van der Waals surface area (Å²) in [4.78, 5) is 0. The van der Waals surface area contributed by atoms with Crippen molar-refractivity contribution in [2.75, 3.05) is 6.61 Å². The van der Waals surface area contributed by atoms with Gasteiger partial charge in [-0.1, -0.05) is 19.0 Å². The van der Waals surface area contributed by atoms with Crippen molar-refractivity contribution in [3.05, 3.63) is 0 Å². The molecule has 0 aromatic carbocycles. The normalized spacial score (nSPS) is 17.1. The van der Waals surface area contributed by atoms with Crippen molar-refractivity contribution in [1.29, 1.82) is 0 Å². The first-order chi connectivity index (χ1) is 6.52. The van der Waals surface area contributed by atoms with Gasteiger partial charge in [-0.2, -0.15) is 0 Å². The summed E-state index contributed by atoms with van der Waals surface area (Å²) in [7, 11) is 0. The highest BCUT2D eigenvalue weighted by molar-refractivity contribution is 5.84. The van der Waals surface area contributed by atoms with Crippen LogP contribution in [-0.4, -0.2) is 34.8 Å². The highest BCUT2D eigenvalue weighted by Gasteiger charge is 2.17. The van der Waals surface area contributed by atoms with E-state index in [1.807, 2.05) is 6.92 Å². The van der Waals surface area contributed by atoms with E-state index in [4.69, 9.17) is 16.0 Å². The SMILES string of the molecule is CC(NC(CCO)C(C)C)C(N)=NO. The van der Waals surface area contributed by atoms with Crippen molar-refractivity contribution in [1.82, 2.24) is 5.32 Å². The van der Waals surface area contributed by atoms with Crippen molar-refractivity contribution < 1.29 is 10.3 Å². The summed E-state index contributed by atoms with van der Waals surface area (Å²) in [5, 5.41) is 23.4. The van der Waals surface area contributed by atoms with Crippen LogP contribution in [0.3, 0.4) is 0 Å².